The second-order valence-corrected chi connectivity index (χ2v) is 8.43. The van der Waals surface area contributed by atoms with E-state index in [-0.39, 0.29) is 5.91 Å². The van der Waals surface area contributed by atoms with Crippen molar-refractivity contribution >= 4 is 29.0 Å². The summed E-state index contributed by atoms with van der Waals surface area (Å²) >= 11 is 3.67. The maximum absolute atomic E-state index is 13.0. The lowest BCUT2D eigenvalue weighted by Gasteiger charge is -2.38. The van der Waals surface area contributed by atoms with Crippen LogP contribution in [0.2, 0.25) is 0 Å². The monoisotopic (exact) mass is 343 g/mol. The predicted octanol–water partition coefficient (Wildman–Crippen LogP) is 4.91. The van der Waals surface area contributed by atoms with E-state index in [9.17, 15) is 4.79 Å². The average molecular weight is 344 g/mol. The number of thioether (sulfide) groups is 1. The number of amides is 1. The van der Waals surface area contributed by atoms with Gasteiger partial charge in [0.15, 0.2) is 0 Å². The summed E-state index contributed by atoms with van der Waals surface area (Å²) in [4.78, 5) is 15.2. The molecule has 1 aromatic heterocycles. The second-order valence-electron chi connectivity index (χ2n) is 6.52. The highest BCUT2D eigenvalue weighted by Crippen LogP contribution is 2.40. The van der Waals surface area contributed by atoms with Crippen LogP contribution in [0.15, 0.2) is 41.1 Å². The number of fused-ring (bicyclic) bond motifs is 2. The summed E-state index contributed by atoms with van der Waals surface area (Å²) in [6, 6.07) is 11.2. The van der Waals surface area contributed by atoms with Crippen LogP contribution in [-0.2, 0) is 0 Å². The number of carbonyl (C=O) groups excluding carboxylic acids is 1. The third-order valence-electron chi connectivity index (χ3n) is 5.24. The Labute approximate surface area is 145 Å². The summed E-state index contributed by atoms with van der Waals surface area (Å²) in [6.07, 6.45) is 6.89. The van der Waals surface area contributed by atoms with Crippen LogP contribution in [-0.4, -0.2) is 34.4 Å². The van der Waals surface area contributed by atoms with E-state index in [0.29, 0.717) is 12.1 Å². The topological polar surface area (TPSA) is 20.3 Å². The van der Waals surface area contributed by atoms with Gasteiger partial charge in [0.2, 0.25) is 0 Å². The quantitative estimate of drug-likeness (QED) is 0.789. The van der Waals surface area contributed by atoms with E-state index in [1.54, 1.807) is 11.3 Å². The van der Waals surface area contributed by atoms with Crippen LogP contribution in [0.25, 0.3) is 11.1 Å². The Morgan fingerprint density at radius 2 is 1.78 bits per heavy atom. The molecule has 2 nitrogen and oxygen atoms in total. The number of thiophene rings is 1. The van der Waals surface area contributed by atoms with Gasteiger partial charge in [0.1, 0.15) is 0 Å². The smallest absolute Gasteiger partial charge is 0.254 e. The lowest BCUT2D eigenvalue weighted by atomic mass is 10.00. The van der Waals surface area contributed by atoms with Gasteiger partial charge in [0, 0.05) is 22.9 Å². The van der Waals surface area contributed by atoms with Gasteiger partial charge >= 0.3 is 0 Å². The summed E-state index contributed by atoms with van der Waals surface area (Å²) in [5.41, 5.74) is 3.25. The van der Waals surface area contributed by atoms with Crippen molar-refractivity contribution in [1.82, 2.24) is 4.90 Å². The predicted molar refractivity (Wildman–Crippen MR) is 99.3 cm³/mol. The third-order valence-corrected chi connectivity index (χ3v) is 6.98. The molecular formula is C19H21NOS2. The SMILES string of the molecule is CSC1C[C@H]2CC[C@@H](C1)N2C(=O)c1ccc(-c2ccsc2)cc1. The highest BCUT2D eigenvalue weighted by atomic mass is 32.2. The van der Waals surface area contributed by atoms with Crippen molar-refractivity contribution in [1.29, 1.82) is 0 Å². The molecule has 2 aromatic rings. The number of rotatable bonds is 3. The number of benzene rings is 1. The van der Waals surface area contributed by atoms with Crippen LogP contribution in [0.3, 0.4) is 0 Å². The summed E-state index contributed by atoms with van der Waals surface area (Å²) in [6.45, 7) is 0. The van der Waals surface area contributed by atoms with Crippen LogP contribution in [0.1, 0.15) is 36.0 Å². The molecule has 0 spiro atoms. The van der Waals surface area contributed by atoms with E-state index in [1.165, 1.54) is 24.0 Å². The molecule has 120 valence electrons. The van der Waals surface area contributed by atoms with Gasteiger partial charge < -0.3 is 4.90 Å². The Hall–Kier alpha value is -1.26. The Bertz CT molecular complexity index is 666. The highest BCUT2D eigenvalue weighted by Gasteiger charge is 2.43. The Balaban J connectivity index is 1.53. The number of hydrogen-bond acceptors (Lipinski definition) is 3. The highest BCUT2D eigenvalue weighted by molar-refractivity contribution is 7.99. The molecule has 2 saturated heterocycles. The zero-order valence-corrected chi connectivity index (χ0v) is 14.9. The average Bonchev–Trinajstić information content (AvgIpc) is 3.21. The van der Waals surface area contributed by atoms with Crippen LogP contribution < -0.4 is 0 Å². The zero-order valence-electron chi connectivity index (χ0n) is 13.3. The molecule has 3 heterocycles. The van der Waals surface area contributed by atoms with Gasteiger partial charge in [0.25, 0.3) is 5.91 Å². The van der Waals surface area contributed by atoms with Crippen molar-refractivity contribution < 1.29 is 4.79 Å². The number of piperidine rings is 1. The standard InChI is InChI=1S/C19H21NOS2/c1-22-18-10-16-6-7-17(11-18)20(16)19(21)14-4-2-13(3-5-14)15-8-9-23-12-15/h2-5,8-9,12,16-18H,6-7,10-11H2,1H3/t16-,17+,18?. The molecule has 3 atom stereocenters. The first-order chi connectivity index (χ1) is 11.3. The fourth-order valence-corrected chi connectivity index (χ4v) is 5.53. The molecule has 0 N–H and O–H groups in total. The van der Waals surface area contributed by atoms with E-state index in [1.807, 2.05) is 23.9 Å². The largest absolute Gasteiger partial charge is 0.333 e. The summed E-state index contributed by atoms with van der Waals surface area (Å²) in [5.74, 6) is 0.230. The van der Waals surface area contributed by atoms with Crippen LogP contribution in [0.5, 0.6) is 0 Å². The van der Waals surface area contributed by atoms with Crippen LogP contribution >= 0.6 is 23.1 Å². The van der Waals surface area contributed by atoms with Crippen LogP contribution in [0.4, 0.5) is 0 Å². The van der Waals surface area contributed by atoms with Crippen molar-refractivity contribution in [2.24, 2.45) is 0 Å². The lowest BCUT2D eigenvalue weighted by Crippen LogP contribution is -2.47. The molecule has 2 aliphatic rings. The molecule has 2 aliphatic heterocycles. The molecule has 1 unspecified atom stereocenters. The molecule has 2 fully saturated rings. The minimum absolute atomic E-state index is 0.230. The molecule has 23 heavy (non-hydrogen) atoms. The zero-order chi connectivity index (χ0) is 15.8. The van der Waals surface area contributed by atoms with Gasteiger partial charge in [-0.15, -0.1) is 0 Å². The molecule has 2 bridgehead atoms. The number of carbonyl (C=O) groups is 1. The molecule has 0 saturated carbocycles. The Morgan fingerprint density at radius 1 is 1.09 bits per heavy atom. The van der Waals surface area contributed by atoms with Crippen molar-refractivity contribution in [2.75, 3.05) is 6.26 Å². The van der Waals surface area contributed by atoms with Gasteiger partial charge in [-0.1, -0.05) is 12.1 Å². The third kappa shape index (κ3) is 2.83. The molecular weight excluding hydrogens is 322 g/mol. The van der Waals surface area contributed by atoms with E-state index in [2.05, 4.69) is 40.1 Å². The van der Waals surface area contributed by atoms with Crippen molar-refractivity contribution in [2.45, 2.75) is 43.0 Å². The first-order valence-electron chi connectivity index (χ1n) is 8.24. The summed E-state index contributed by atoms with van der Waals surface area (Å²) in [5, 5.41) is 4.96. The van der Waals surface area contributed by atoms with Gasteiger partial charge in [-0.05, 0) is 72.0 Å². The number of hydrogen-bond donors (Lipinski definition) is 0. The van der Waals surface area contributed by atoms with Crippen molar-refractivity contribution in [3.05, 3.63) is 46.7 Å². The molecule has 0 aliphatic carbocycles. The van der Waals surface area contributed by atoms with Crippen LogP contribution in [0, 0.1) is 0 Å². The number of nitrogens with zero attached hydrogens (tertiary/aromatic N) is 1. The van der Waals surface area contributed by atoms with Gasteiger partial charge in [-0.3, -0.25) is 4.79 Å². The molecule has 1 aromatic carbocycles. The van der Waals surface area contributed by atoms with E-state index < -0.39 is 0 Å². The van der Waals surface area contributed by atoms with Crippen molar-refractivity contribution in [3.8, 4) is 11.1 Å². The van der Waals surface area contributed by atoms with E-state index in [0.717, 1.165) is 23.7 Å². The molecule has 4 rings (SSSR count). The fourth-order valence-electron chi connectivity index (χ4n) is 4.03. The fraction of sp³-hybridized carbons (Fsp3) is 0.421. The van der Waals surface area contributed by atoms with Gasteiger partial charge in [-0.2, -0.15) is 23.1 Å². The lowest BCUT2D eigenvalue weighted by molar-refractivity contribution is 0.0602. The van der Waals surface area contributed by atoms with Gasteiger partial charge in [-0.25, -0.2) is 0 Å². The first kappa shape index (κ1) is 15.3. The van der Waals surface area contributed by atoms with E-state index in [4.69, 9.17) is 0 Å². The normalized spacial score (nSPS) is 26.5. The van der Waals surface area contributed by atoms with E-state index >= 15 is 0 Å². The first-order valence-corrected chi connectivity index (χ1v) is 10.5. The molecule has 1 amide bonds. The van der Waals surface area contributed by atoms with Gasteiger partial charge in [0.05, 0.1) is 0 Å². The molecule has 4 heteroatoms. The minimum Gasteiger partial charge on any atom is -0.333 e. The Morgan fingerprint density at radius 3 is 2.35 bits per heavy atom. The maximum atomic E-state index is 13.0. The maximum Gasteiger partial charge on any atom is 0.254 e. The minimum atomic E-state index is 0.230. The summed E-state index contributed by atoms with van der Waals surface area (Å²) in [7, 11) is 0. The Kier molecular flexibility index (Phi) is 4.20. The second kappa shape index (κ2) is 6.33. The molecule has 0 radical (unpaired) electrons. The van der Waals surface area contributed by atoms with Crippen molar-refractivity contribution in [3.63, 3.8) is 0 Å². The summed E-state index contributed by atoms with van der Waals surface area (Å²) < 4.78 is 0.